The number of nitrogens with one attached hydrogen (secondary N) is 1. The van der Waals surface area contributed by atoms with E-state index in [9.17, 15) is 4.79 Å². The summed E-state index contributed by atoms with van der Waals surface area (Å²) in [5.74, 6) is 1.23. The lowest BCUT2D eigenvalue weighted by Crippen LogP contribution is -2.16. The molecule has 0 saturated heterocycles. The van der Waals surface area contributed by atoms with E-state index in [2.05, 4.69) is 15.5 Å². The molecule has 0 bridgehead atoms. The fourth-order valence-electron chi connectivity index (χ4n) is 2.56. The first-order valence-corrected chi connectivity index (χ1v) is 7.94. The Balaban J connectivity index is 1.76. The molecule has 6 nitrogen and oxygen atoms in total. The van der Waals surface area contributed by atoms with Crippen LogP contribution in [0.5, 0.6) is 5.75 Å². The van der Waals surface area contributed by atoms with Gasteiger partial charge in [-0.25, -0.2) is 0 Å². The number of hydrogen-bond acceptors (Lipinski definition) is 5. The highest BCUT2D eigenvalue weighted by molar-refractivity contribution is 5.91. The Morgan fingerprint density at radius 3 is 2.44 bits per heavy atom. The zero-order valence-corrected chi connectivity index (χ0v) is 14.1. The molecule has 1 aromatic heterocycles. The molecule has 1 amide bonds. The molecular formula is C19H19N3O3. The van der Waals surface area contributed by atoms with Crippen LogP contribution in [0.2, 0.25) is 0 Å². The molecule has 0 fully saturated rings. The van der Waals surface area contributed by atoms with Gasteiger partial charge in [-0.3, -0.25) is 4.79 Å². The van der Waals surface area contributed by atoms with Gasteiger partial charge in [0.15, 0.2) is 0 Å². The Morgan fingerprint density at radius 2 is 1.84 bits per heavy atom. The summed E-state index contributed by atoms with van der Waals surface area (Å²) >= 11 is 0. The van der Waals surface area contributed by atoms with E-state index in [0.29, 0.717) is 17.5 Å². The number of anilines is 1. The van der Waals surface area contributed by atoms with E-state index in [1.807, 2.05) is 30.3 Å². The summed E-state index contributed by atoms with van der Waals surface area (Å²) in [5.41, 5.74) is 1.66. The van der Waals surface area contributed by atoms with Gasteiger partial charge in [0.2, 0.25) is 17.7 Å². The molecule has 0 radical (unpaired) electrons. The zero-order chi connectivity index (χ0) is 17.6. The predicted octanol–water partition coefficient (Wildman–Crippen LogP) is 3.55. The minimum Gasteiger partial charge on any atom is -0.497 e. The van der Waals surface area contributed by atoms with Gasteiger partial charge in [0.05, 0.1) is 13.0 Å². The third kappa shape index (κ3) is 4.23. The summed E-state index contributed by atoms with van der Waals surface area (Å²) in [6.45, 7) is 1.73. The van der Waals surface area contributed by atoms with Gasteiger partial charge in [-0.2, -0.15) is 0 Å². The molecule has 1 unspecified atom stereocenters. The van der Waals surface area contributed by atoms with Gasteiger partial charge < -0.3 is 14.5 Å². The smallest absolute Gasteiger partial charge is 0.225 e. The highest BCUT2D eigenvalue weighted by Crippen LogP contribution is 2.27. The van der Waals surface area contributed by atoms with Gasteiger partial charge in [0.25, 0.3) is 0 Å². The number of aromatic nitrogens is 2. The lowest BCUT2D eigenvalue weighted by atomic mass is 9.95. The van der Waals surface area contributed by atoms with E-state index in [1.165, 1.54) is 0 Å². The number of aryl methyl sites for hydroxylation is 1. The van der Waals surface area contributed by atoms with Crippen LogP contribution < -0.4 is 10.1 Å². The number of hydrogen-bond donors (Lipinski definition) is 1. The molecular weight excluding hydrogens is 318 g/mol. The largest absolute Gasteiger partial charge is 0.497 e. The minimum atomic E-state index is -0.291. The van der Waals surface area contributed by atoms with Crippen LogP contribution >= 0.6 is 0 Å². The van der Waals surface area contributed by atoms with Crippen molar-refractivity contribution in [3.05, 3.63) is 71.9 Å². The van der Waals surface area contributed by atoms with E-state index in [0.717, 1.165) is 11.3 Å². The first-order chi connectivity index (χ1) is 12.2. The van der Waals surface area contributed by atoms with Crippen molar-refractivity contribution >= 4 is 11.6 Å². The number of benzene rings is 2. The van der Waals surface area contributed by atoms with E-state index in [1.54, 1.807) is 38.3 Å². The molecule has 1 N–H and O–H groups in total. The standard InChI is InChI=1S/C19H19N3O3/c1-13-21-22-19(25-13)17(14-6-4-3-5-7-14)12-18(23)20-15-8-10-16(24-2)11-9-15/h3-11,17H,12H2,1-2H3,(H,20,23). The maximum atomic E-state index is 12.5. The number of methoxy groups -OCH3 is 1. The topological polar surface area (TPSA) is 77.2 Å². The van der Waals surface area contributed by atoms with Crippen LogP contribution in [-0.2, 0) is 4.79 Å². The van der Waals surface area contributed by atoms with Crippen LogP contribution in [0.1, 0.15) is 29.7 Å². The van der Waals surface area contributed by atoms with Gasteiger partial charge in [0, 0.05) is 19.0 Å². The molecule has 6 heteroatoms. The lowest BCUT2D eigenvalue weighted by molar-refractivity contribution is -0.116. The van der Waals surface area contributed by atoms with Gasteiger partial charge >= 0.3 is 0 Å². The number of rotatable bonds is 6. The quantitative estimate of drug-likeness (QED) is 0.744. The van der Waals surface area contributed by atoms with Crippen molar-refractivity contribution in [3.8, 4) is 5.75 Å². The Labute approximate surface area is 145 Å². The molecule has 128 valence electrons. The maximum absolute atomic E-state index is 12.5. The van der Waals surface area contributed by atoms with E-state index < -0.39 is 0 Å². The SMILES string of the molecule is COc1ccc(NC(=O)CC(c2ccccc2)c2nnc(C)o2)cc1. The van der Waals surface area contributed by atoms with Gasteiger partial charge in [-0.1, -0.05) is 30.3 Å². The summed E-state index contributed by atoms with van der Waals surface area (Å²) in [6.07, 6.45) is 0.206. The van der Waals surface area contributed by atoms with Gasteiger partial charge in [0.1, 0.15) is 5.75 Å². The van der Waals surface area contributed by atoms with Crippen LogP contribution in [0.25, 0.3) is 0 Å². The summed E-state index contributed by atoms with van der Waals surface area (Å²) in [6, 6.07) is 16.9. The molecule has 0 aliphatic heterocycles. The molecule has 3 rings (SSSR count). The second-order valence-corrected chi connectivity index (χ2v) is 5.60. The summed E-state index contributed by atoms with van der Waals surface area (Å²) in [5, 5.41) is 10.9. The summed E-state index contributed by atoms with van der Waals surface area (Å²) in [7, 11) is 1.60. The normalized spacial score (nSPS) is 11.8. The first-order valence-electron chi connectivity index (χ1n) is 7.94. The molecule has 25 heavy (non-hydrogen) atoms. The second-order valence-electron chi connectivity index (χ2n) is 5.60. The molecule has 3 aromatic rings. The monoisotopic (exact) mass is 337 g/mol. The average molecular weight is 337 g/mol. The molecule has 1 atom stereocenters. The average Bonchev–Trinajstić information content (AvgIpc) is 3.07. The molecule has 1 heterocycles. The van der Waals surface area contributed by atoms with Crippen molar-refractivity contribution in [3.63, 3.8) is 0 Å². The highest BCUT2D eigenvalue weighted by atomic mass is 16.5. The van der Waals surface area contributed by atoms with Crippen molar-refractivity contribution in [2.24, 2.45) is 0 Å². The molecule has 0 aliphatic rings. The lowest BCUT2D eigenvalue weighted by Gasteiger charge is -2.14. The van der Waals surface area contributed by atoms with Crippen LogP contribution in [-0.4, -0.2) is 23.2 Å². The summed E-state index contributed by atoms with van der Waals surface area (Å²) < 4.78 is 10.7. The molecule has 0 aliphatic carbocycles. The first kappa shape index (κ1) is 16.7. The number of nitrogens with zero attached hydrogens (tertiary/aromatic N) is 2. The molecule has 0 spiro atoms. The fraction of sp³-hybridized carbons (Fsp3) is 0.211. The van der Waals surface area contributed by atoms with Crippen LogP contribution in [0, 0.1) is 6.92 Å². The Kier molecular flexibility index (Phi) is 5.09. The Hall–Kier alpha value is -3.15. The van der Waals surface area contributed by atoms with Gasteiger partial charge in [-0.05, 0) is 29.8 Å². The molecule has 2 aromatic carbocycles. The second kappa shape index (κ2) is 7.61. The summed E-state index contributed by atoms with van der Waals surface area (Å²) in [4.78, 5) is 12.5. The van der Waals surface area contributed by atoms with Crippen LogP contribution in [0.4, 0.5) is 5.69 Å². The maximum Gasteiger partial charge on any atom is 0.225 e. The van der Waals surface area contributed by atoms with Crippen molar-refractivity contribution in [1.29, 1.82) is 0 Å². The van der Waals surface area contributed by atoms with Crippen molar-refractivity contribution in [2.75, 3.05) is 12.4 Å². The number of ether oxygens (including phenoxy) is 1. The minimum absolute atomic E-state index is 0.130. The fourth-order valence-corrected chi connectivity index (χ4v) is 2.56. The van der Waals surface area contributed by atoms with Crippen molar-refractivity contribution < 1.29 is 13.9 Å². The highest BCUT2D eigenvalue weighted by Gasteiger charge is 2.23. The number of carbonyl (C=O) groups is 1. The Bertz CT molecular complexity index is 829. The van der Waals surface area contributed by atoms with Crippen molar-refractivity contribution in [1.82, 2.24) is 10.2 Å². The number of carbonyl (C=O) groups excluding carboxylic acids is 1. The van der Waals surface area contributed by atoms with Crippen LogP contribution in [0.15, 0.2) is 59.0 Å². The van der Waals surface area contributed by atoms with Crippen molar-refractivity contribution in [2.45, 2.75) is 19.3 Å². The third-order valence-corrected chi connectivity index (χ3v) is 3.80. The Morgan fingerprint density at radius 1 is 1.12 bits per heavy atom. The molecule has 0 saturated carbocycles. The van der Waals surface area contributed by atoms with Gasteiger partial charge in [-0.15, -0.1) is 10.2 Å². The van der Waals surface area contributed by atoms with Crippen LogP contribution in [0.3, 0.4) is 0 Å². The third-order valence-electron chi connectivity index (χ3n) is 3.80. The predicted molar refractivity (Wildman–Crippen MR) is 93.6 cm³/mol. The zero-order valence-electron chi connectivity index (χ0n) is 14.1. The van der Waals surface area contributed by atoms with E-state index in [4.69, 9.17) is 9.15 Å². The number of amides is 1. The van der Waals surface area contributed by atoms with E-state index in [-0.39, 0.29) is 18.2 Å². The van der Waals surface area contributed by atoms with E-state index >= 15 is 0 Å².